The fourth-order valence-electron chi connectivity index (χ4n) is 2.20. The summed E-state index contributed by atoms with van der Waals surface area (Å²) in [5, 5.41) is 3.26. The Labute approximate surface area is 113 Å². The summed E-state index contributed by atoms with van der Waals surface area (Å²) in [5.74, 6) is 0.651. The van der Waals surface area contributed by atoms with Gasteiger partial charge in [0.05, 0.1) is 5.56 Å². The van der Waals surface area contributed by atoms with E-state index >= 15 is 0 Å². The molecule has 0 atom stereocenters. The van der Waals surface area contributed by atoms with Gasteiger partial charge in [-0.1, -0.05) is 18.2 Å². The lowest BCUT2D eigenvalue weighted by molar-refractivity contribution is 0.621. The molecule has 0 radical (unpaired) electrons. The van der Waals surface area contributed by atoms with Crippen LogP contribution in [0.2, 0.25) is 0 Å². The molecular formula is C15H10N2OS. The molecule has 92 valence electrons. The predicted molar refractivity (Wildman–Crippen MR) is 79.2 cm³/mol. The first kappa shape index (κ1) is 10.6. The highest BCUT2D eigenvalue weighted by atomic mass is 32.1. The molecule has 19 heavy (non-hydrogen) atoms. The Kier molecular flexibility index (Phi) is 2.13. The molecule has 4 aromatic rings. The van der Waals surface area contributed by atoms with Gasteiger partial charge in [0.2, 0.25) is 5.89 Å². The fraction of sp³-hybridized carbons (Fsp3) is 0. The number of rotatable bonds is 1. The first-order chi connectivity index (χ1) is 9.31. The van der Waals surface area contributed by atoms with E-state index in [1.165, 1.54) is 10.1 Å². The highest BCUT2D eigenvalue weighted by Crippen LogP contribution is 2.34. The van der Waals surface area contributed by atoms with E-state index < -0.39 is 0 Å². The first-order valence-corrected chi connectivity index (χ1v) is 6.82. The molecule has 0 saturated carbocycles. The standard InChI is InChI=1S/C15H10N2OS/c16-9-5-6-12-13(7-9)18-15(17-12)11-8-19-14-4-2-1-3-10(11)14/h1-8H,16H2. The van der Waals surface area contributed by atoms with Crippen molar-refractivity contribution in [3.63, 3.8) is 0 Å². The van der Waals surface area contributed by atoms with Crippen molar-refractivity contribution in [1.82, 2.24) is 4.98 Å². The SMILES string of the molecule is Nc1ccc2nc(-c3csc4ccccc34)oc2c1. The minimum Gasteiger partial charge on any atom is -0.436 e. The van der Waals surface area contributed by atoms with Gasteiger partial charge in [0, 0.05) is 27.2 Å². The Morgan fingerprint density at radius 2 is 2.00 bits per heavy atom. The summed E-state index contributed by atoms with van der Waals surface area (Å²) in [4.78, 5) is 4.53. The van der Waals surface area contributed by atoms with E-state index in [1.807, 2.05) is 24.3 Å². The zero-order valence-electron chi connectivity index (χ0n) is 9.96. The summed E-state index contributed by atoms with van der Waals surface area (Å²) < 4.78 is 7.05. The van der Waals surface area contributed by atoms with Gasteiger partial charge in [-0.05, 0) is 18.2 Å². The Morgan fingerprint density at radius 1 is 1.11 bits per heavy atom. The molecule has 0 bridgehead atoms. The molecule has 0 spiro atoms. The second-order valence-electron chi connectivity index (χ2n) is 4.39. The minimum absolute atomic E-state index is 0.651. The molecule has 4 rings (SSSR count). The van der Waals surface area contributed by atoms with E-state index in [9.17, 15) is 0 Å². The van der Waals surface area contributed by atoms with Gasteiger partial charge in [0.1, 0.15) is 5.52 Å². The van der Waals surface area contributed by atoms with Crippen LogP contribution in [0.15, 0.2) is 52.3 Å². The Bertz CT molecular complexity index is 891. The molecule has 4 heteroatoms. The smallest absolute Gasteiger partial charge is 0.228 e. The molecule has 0 aliphatic carbocycles. The van der Waals surface area contributed by atoms with Gasteiger partial charge in [-0.3, -0.25) is 0 Å². The topological polar surface area (TPSA) is 52.0 Å². The van der Waals surface area contributed by atoms with Crippen molar-refractivity contribution in [1.29, 1.82) is 0 Å². The summed E-state index contributed by atoms with van der Waals surface area (Å²) in [6, 6.07) is 13.8. The van der Waals surface area contributed by atoms with Crippen molar-refractivity contribution in [2.45, 2.75) is 0 Å². The first-order valence-electron chi connectivity index (χ1n) is 5.94. The molecule has 2 heterocycles. The van der Waals surface area contributed by atoms with Crippen molar-refractivity contribution in [2.75, 3.05) is 5.73 Å². The zero-order chi connectivity index (χ0) is 12.8. The zero-order valence-corrected chi connectivity index (χ0v) is 10.8. The van der Waals surface area contributed by atoms with Gasteiger partial charge in [-0.2, -0.15) is 0 Å². The monoisotopic (exact) mass is 266 g/mol. The van der Waals surface area contributed by atoms with E-state index in [1.54, 1.807) is 17.4 Å². The fourth-order valence-corrected chi connectivity index (χ4v) is 3.13. The number of nitrogens with zero attached hydrogens (tertiary/aromatic N) is 1. The Hall–Kier alpha value is -2.33. The highest BCUT2D eigenvalue weighted by molar-refractivity contribution is 7.17. The quantitative estimate of drug-likeness (QED) is 0.523. The molecule has 2 aromatic heterocycles. The Morgan fingerprint density at radius 3 is 2.95 bits per heavy atom. The largest absolute Gasteiger partial charge is 0.436 e. The number of nitrogens with two attached hydrogens (primary N) is 1. The molecule has 2 aromatic carbocycles. The number of hydrogen-bond donors (Lipinski definition) is 1. The normalized spacial score (nSPS) is 11.4. The van der Waals surface area contributed by atoms with E-state index in [4.69, 9.17) is 10.2 Å². The third-order valence-electron chi connectivity index (χ3n) is 3.12. The average molecular weight is 266 g/mol. The maximum absolute atomic E-state index is 5.82. The molecule has 0 saturated heterocycles. The molecule has 0 aliphatic rings. The molecule has 2 N–H and O–H groups in total. The summed E-state index contributed by atoms with van der Waals surface area (Å²) in [6.45, 7) is 0. The van der Waals surface area contributed by atoms with Gasteiger partial charge < -0.3 is 10.2 Å². The third-order valence-corrected chi connectivity index (χ3v) is 4.09. The van der Waals surface area contributed by atoms with Crippen LogP contribution >= 0.6 is 11.3 Å². The maximum atomic E-state index is 5.82. The molecule has 3 nitrogen and oxygen atoms in total. The van der Waals surface area contributed by atoms with Crippen LogP contribution in [0.5, 0.6) is 0 Å². The lowest BCUT2D eigenvalue weighted by Crippen LogP contribution is -1.81. The van der Waals surface area contributed by atoms with Gasteiger partial charge >= 0.3 is 0 Å². The number of aromatic nitrogens is 1. The van der Waals surface area contributed by atoms with Crippen molar-refractivity contribution in [3.05, 3.63) is 47.8 Å². The average Bonchev–Trinajstić information content (AvgIpc) is 3.00. The van der Waals surface area contributed by atoms with Crippen LogP contribution in [0, 0.1) is 0 Å². The van der Waals surface area contributed by atoms with E-state index in [2.05, 4.69) is 22.5 Å². The third kappa shape index (κ3) is 1.61. The lowest BCUT2D eigenvalue weighted by Gasteiger charge is -1.92. The number of nitrogen functional groups attached to an aromatic ring is 1. The van der Waals surface area contributed by atoms with Crippen LogP contribution in [0.3, 0.4) is 0 Å². The van der Waals surface area contributed by atoms with Crippen LogP contribution in [-0.4, -0.2) is 4.98 Å². The second-order valence-corrected chi connectivity index (χ2v) is 5.30. The number of hydrogen-bond acceptors (Lipinski definition) is 4. The highest BCUT2D eigenvalue weighted by Gasteiger charge is 2.12. The van der Waals surface area contributed by atoms with Crippen LogP contribution < -0.4 is 5.73 Å². The number of fused-ring (bicyclic) bond motifs is 2. The number of thiophene rings is 1. The van der Waals surface area contributed by atoms with Crippen molar-refractivity contribution in [2.24, 2.45) is 0 Å². The summed E-state index contributed by atoms with van der Waals surface area (Å²) in [6.07, 6.45) is 0. The summed E-state index contributed by atoms with van der Waals surface area (Å²) in [5.41, 5.74) is 9.04. The predicted octanol–water partition coefficient (Wildman–Crippen LogP) is 4.29. The molecular weight excluding hydrogens is 256 g/mol. The lowest BCUT2D eigenvalue weighted by atomic mass is 10.2. The van der Waals surface area contributed by atoms with Crippen molar-refractivity contribution < 1.29 is 4.42 Å². The molecule has 0 amide bonds. The second kappa shape index (κ2) is 3.83. The minimum atomic E-state index is 0.651. The van der Waals surface area contributed by atoms with Crippen molar-refractivity contribution in [3.8, 4) is 11.5 Å². The van der Waals surface area contributed by atoms with E-state index in [-0.39, 0.29) is 0 Å². The van der Waals surface area contributed by atoms with Crippen LogP contribution in [0.1, 0.15) is 0 Å². The molecule has 0 aliphatic heterocycles. The number of benzene rings is 2. The van der Waals surface area contributed by atoms with Gasteiger partial charge in [-0.15, -0.1) is 11.3 Å². The van der Waals surface area contributed by atoms with Crippen LogP contribution in [-0.2, 0) is 0 Å². The van der Waals surface area contributed by atoms with Crippen LogP contribution in [0.25, 0.3) is 32.6 Å². The van der Waals surface area contributed by atoms with Gasteiger partial charge in [0.25, 0.3) is 0 Å². The summed E-state index contributed by atoms with van der Waals surface area (Å²) >= 11 is 1.70. The van der Waals surface area contributed by atoms with Gasteiger partial charge in [-0.25, -0.2) is 4.98 Å². The van der Waals surface area contributed by atoms with E-state index in [0.29, 0.717) is 11.6 Å². The number of oxazole rings is 1. The van der Waals surface area contributed by atoms with Crippen LogP contribution in [0.4, 0.5) is 5.69 Å². The van der Waals surface area contributed by atoms with Gasteiger partial charge in [0.15, 0.2) is 5.58 Å². The maximum Gasteiger partial charge on any atom is 0.228 e. The van der Waals surface area contributed by atoms with E-state index in [0.717, 1.165) is 16.7 Å². The molecule has 0 unspecified atom stereocenters. The Balaban J connectivity index is 1.99. The van der Waals surface area contributed by atoms with Crippen molar-refractivity contribution >= 4 is 38.2 Å². The number of anilines is 1. The summed E-state index contributed by atoms with van der Waals surface area (Å²) in [7, 11) is 0. The molecule has 0 fully saturated rings.